The molecule has 0 aromatic heterocycles. The van der Waals surface area contributed by atoms with Crippen molar-refractivity contribution < 1.29 is 29.3 Å². The summed E-state index contributed by atoms with van der Waals surface area (Å²) in [6.45, 7) is 0.935. The Balaban J connectivity index is 1.52. The van der Waals surface area contributed by atoms with E-state index >= 15 is 0 Å². The van der Waals surface area contributed by atoms with Gasteiger partial charge in [0.05, 0.1) is 6.61 Å². The first-order valence-electron chi connectivity index (χ1n) is 10.3. The first-order chi connectivity index (χ1) is 14.6. The molecule has 10 nitrogen and oxygen atoms in total. The predicted molar refractivity (Wildman–Crippen MR) is 109 cm³/mol. The van der Waals surface area contributed by atoms with Crippen molar-refractivity contribution in [2.45, 2.75) is 37.7 Å². The Morgan fingerprint density at radius 2 is 2.00 bits per heavy atom. The summed E-state index contributed by atoms with van der Waals surface area (Å²) >= 11 is 0. The van der Waals surface area contributed by atoms with E-state index in [1.165, 1.54) is 31.2 Å². The van der Waals surface area contributed by atoms with Crippen LogP contribution in [0.5, 0.6) is 5.75 Å². The zero-order chi connectivity index (χ0) is 21.6. The van der Waals surface area contributed by atoms with Crippen molar-refractivity contribution in [1.82, 2.24) is 10.6 Å². The van der Waals surface area contributed by atoms with E-state index in [9.17, 15) is 20.0 Å². The van der Waals surface area contributed by atoms with E-state index in [-0.39, 0.29) is 32.3 Å². The molecule has 1 aromatic carbocycles. The molecule has 0 radical (unpaired) electrons. The maximum Gasteiger partial charge on any atom is 0.294 e. The summed E-state index contributed by atoms with van der Waals surface area (Å²) in [6.07, 6.45) is 4.22. The summed E-state index contributed by atoms with van der Waals surface area (Å²) < 4.78 is 10.8. The lowest BCUT2D eigenvalue weighted by Gasteiger charge is -2.18. The molecule has 1 aliphatic rings. The zero-order valence-corrected chi connectivity index (χ0v) is 17.1. The highest BCUT2D eigenvalue weighted by Gasteiger charge is 2.20. The Kier molecular flexibility index (Phi) is 10.9. The van der Waals surface area contributed by atoms with Crippen LogP contribution in [0.1, 0.15) is 37.2 Å². The number of nitrogens with one attached hydrogen (secondary N) is 2. The maximum atomic E-state index is 11.5. The fourth-order valence-corrected chi connectivity index (χ4v) is 3.38. The van der Waals surface area contributed by atoms with Gasteiger partial charge in [0.25, 0.3) is 5.09 Å². The lowest BCUT2D eigenvalue weighted by Crippen LogP contribution is -2.38. The molecule has 0 heterocycles. The van der Waals surface area contributed by atoms with Gasteiger partial charge in [-0.1, -0.05) is 31.0 Å². The van der Waals surface area contributed by atoms with Crippen molar-refractivity contribution in [3.63, 3.8) is 0 Å². The first kappa shape index (κ1) is 23.8. The molecule has 0 aliphatic heterocycles. The van der Waals surface area contributed by atoms with Crippen molar-refractivity contribution in [3.8, 4) is 5.75 Å². The van der Waals surface area contributed by atoms with Crippen molar-refractivity contribution >= 4 is 5.91 Å². The largest absolute Gasteiger partial charge is 0.491 e. The van der Waals surface area contributed by atoms with Crippen LogP contribution < -0.4 is 15.4 Å². The van der Waals surface area contributed by atoms with Crippen molar-refractivity contribution in [3.05, 3.63) is 39.9 Å². The fraction of sp³-hybridized carbons (Fsp3) is 0.650. The highest BCUT2D eigenvalue weighted by molar-refractivity contribution is 5.77. The predicted octanol–water partition coefficient (Wildman–Crippen LogP) is 1.01. The Labute approximate surface area is 176 Å². The van der Waals surface area contributed by atoms with Crippen LogP contribution in [0.4, 0.5) is 0 Å². The average molecular weight is 425 g/mol. The summed E-state index contributed by atoms with van der Waals surface area (Å²) in [4.78, 5) is 25.5. The third-order valence-electron chi connectivity index (χ3n) is 4.81. The number of carbonyl (C=O) groups excluding carboxylic acids is 1. The minimum Gasteiger partial charge on any atom is -0.491 e. The summed E-state index contributed by atoms with van der Waals surface area (Å²) in [5.74, 6) is 1.06. The summed E-state index contributed by atoms with van der Waals surface area (Å²) in [6, 6.07) is 8.03. The molecule has 1 saturated carbocycles. The molecule has 1 amide bonds. The number of para-hydroxylation sites is 1. The van der Waals surface area contributed by atoms with Crippen LogP contribution in [0.15, 0.2) is 24.3 Å². The second kappa shape index (κ2) is 13.7. The van der Waals surface area contributed by atoms with Crippen molar-refractivity contribution in [1.29, 1.82) is 0 Å². The quantitative estimate of drug-likeness (QED) is 0.216. The number of hydrogen-bond donors (Lipinski definition) is 3. The third-order valence-corrected chi connectivity index (χ3v) is 4.81. The van der Waals surface area contributed by atoms with Crippen LogP contribution in [0.3, 0.4) is 0 Å². The number of ether oxygens (including phenoxy) is 2. The topological polar surface area (TPSA) is 132 Å². The van der Waals surface area contributed by atoms with E-state index in [4.69, 9.17) is 9.47 Å². The summed E-state index contributed by atoms with van der Waals surface area (Å²) in [5, 5.41) is 24.9. The van der Waals surface area contributed by atoms with Crippen LogP contribution >= 0.6 is 0 Å². The Bertz CT molecular complexity index is 653. The molecule has 0 bridgehead atoms. The van der Waals surface area contributed by atoms with Crippen LogP contribution in [0.25, 0.3) is 0 Å². The smallest absolute Gasteiger partial charge is 0.294 e. The minimum absolute atomic E-state index is 0.0390. The van der Waals surface area contributed by atoms with Crippen LogP contribution in [0, 0.1) is 10.1 Å². The first-order valence-corrected chi connectivity index (χ1v) is 10.3. The molecule has 1 fully saturated rings. The van der Waals surface area contributed by atoms with E-state index in [1.807, 2.05) is 18.2 Å². The van der Waals surface area contributed by atoms with Gasteiger partial charge in [-0.3, -0.25) is 4.79 Å². The monoisotopic (exact) mass is 425 g/mol. The fourth-order valence-electron chi connectivity index (χ4n) is 3.38. The van der Waals surface area contributed by atoms with E-state index in [1.54, 1.807) is 0 Å². The highest BCUT2D eigenvalue weighted by Crippen LogP contribution is 2.38. The van der Waals surface area contributed by atoms with Crippen LogP contribution in [0.2, 0.25) is 0 Å². The molecule has 10 heteroatoms. The van der Waals surface area contributed by atoms with Crippen molar-refractivity contribution in [2.75, 3.05) is 46.1 Å². The maximum absolute atomic E-state index is 11.5. The average Bonchev–Trinajstić information content (AvgIpc) is 3.26. The number of aliphatic hydroxyl groups is 1. The standard InChI is InChI=1S/C20H31N3O7/c24-17(13-21-9-10-22-20(25)15-28-11-12-30-23(26)27)14-29-19-8-4-3-7-18(19)16-5-1-2-6-16/h3-4,7-8,16-17,21,24H,1-2,5-6,9-15H2,(H,22,25). The number of hydrogen-bond acceptors (Lipinski definition) is 8. The van der Waals surface area contributed by atoms with E-state index in [2.05, 4.69) is 21.5 Å². The number of carbonyl (C=O) groups is 1. The van der Waals surface area contributed by atoms with E-state index in [0.29, 0.717) is 25.6 Å². The van der Waals surface area contributed by atoms with Gasteiger partial charge >= 0.3 is 0 Å². The van der Waals surface area contributed by atoms with Gasteiger partial charge in [0.1, 0.15) is 31.7 Å². The molecule has 1 aliphatic carbocycles. The zero-order valence-electron chi connectivity index (χ0n) is 17.1. The summed E-state index contributed by atoms with van der Waals surface area (Å²) in [7, 11) is 0. The van der Waals surface area contributed by atoms with Gasteiger partial charge in [0.2, 0.25) is 5.91 Å². The molecule has 2 rings (SSSR count). The van der Waals surface area contributed by atoms with E-state index < -0.39 is 11.2 Å². The lowest BCUT2D eigenvalue weighted by atomic mass is 9.97. The van der Waals surface area contributed by atoms with Crippen LogP contribution in [-0.4, -0.2) is 68.3 Å². The normalized spacial score (nSPS) is 15.0. The minimum atomic E-state index is -0.914. The molecule has 0 saturated heterocycles. The third kappa shape index (κ3) is 9.38. The summed E-state index contributed by atoms with van der Waals surface area (Å²) in [5.41, 5.74) is 1.23. The molecule has 30 heavy (non-hydrogen) atoms. The number of amides is 1. The van der Waals surface area contributed by atoms with Crippen LogP contribution in [-0.2, 0) is 14.4 Å². The van der Waals surface area contributed by atoms with Gasteiger partial charge in [-0.25, -0.2) is 0 Å². The SMILES string of the molecule is O=C(COCCO[N+](=O)[O-])NCCNCC(O)COc1ccccc1C1CCCC1. The van der Waals surface area contributed by atoms with E-state index in [0.717, 1.165) is 5.75 Å². The van der Waals surface area contributed by atoms with Gasteiger partial charge in [-0.05, 0) is 30.4 Å². The molecule has 1 aromatic rings. The Hall–Kier alpha value is -2.43. The molecule has 3 N–H and O–H groups in total. The van der Waals surface area contributed by atoms with Crippen molar-refractivity contribution in [2.24, 2.45) is 0 Å². The second-order valence-corrected chi connectivity index (χ2v) is 7.15. The Morgan fingerprint density at radius 1 is 1.23 bits per heavy atom. The molecule has 0 spiro atoms. The second-order valence-electron chi connectivity index (χ2n) is 7.15. The van der Waals surface area contributed by atoms with Gasteiger partial charge in [-0.15, -0.1) is 10.1 Å². The van der Waals surface area contributed by atoms with Gasteiger partial charge in [0.15, 0.2) is 0 Å². The van der Waals surface area contributed by atoms with Gasteiger partial charge < -0.3 is 30.1 Å². The molecular formula is C20H31N3O7. The number of rotatable bonds is 15. The van der Waals surface area contributed by atoms with Gasteiger partial charge in [-0.2, -0.15) is 0 Å². The number of aliphatic hydroxyl groups excluding tert-OH is 1. The molecule has 1 unspecified atom stereocenters. The molecule has 168 valence electrons. The highest BCUT2D eigenvalue weighted by atomic mass is 17.0. The molecular weight excluding hydrogens is 394 g/mol. The number of nitrogens with zero attached hydrogens (tertiary/aromatic N) is 1. The number of benzene rings is 1. The Morgan fingerprint density at radius 3 is 2.77 bits per heavy atom. The lowest BCUT2D eigenvalue weighted by molar-refractivity contribution is -0.758. The molecule has 1 atom stereocenters. The van der Waals surface area contributed by atoms with Gasteiger partial charge in [0, 0.05) is 19.6 Å².